The Labute approximate surface area is 120 Å². The average molecular weight is 282 g/mol. The molecule has 1 aliphatic carbocycles. The van der Waals surface area contributed by atoms with E-state index in [1.807, 2.05) is 0 Å². The van der Waals surface area contributed by atoms with Crippen LogP contribution in [-0.4, -0.2) is 37.2 Å². The van der Waals surface area contributed by atoms with Crippen molar-refractivity contribution in [2.75, 3.05) is 20.3 Å². The number of ether oxygens (including phenoxy) is 1. The highest BCUT2D eigenvalue weighted by Crippen LogP contribution is 2.39. The van der Waals surface area contributed by atoms with Crippen molar-refractivity contribution in [1.82, 2.24) is 4.90 Å². The maximum absolute atomic E-state index is 6.28. The number of hydrogen-bond acceptors (Lipinski definition) is 4. The van der Waals surface area contributed by atoms with E-state index in [-0.39, 0.29) is 6.04 Å². The van der Waals surface area contributed by atoms with Crippen LogP contribution in [0.3, 0.4) is 0 Å². The van der Waals surface area contributed by atoms with Crippen LogP contribution in [-0.2, 0) is 4.74 Å². The normalized spacial score (nSPS) is 20.5. The molecule has 1 aromatic heterocycles. The molecule has 1 heterocycles. The summed E-state index contributed by atoms with van der Waals surface area (Å²) in [7, 11) is 1.77. The van der Waals surface area contributed by atoms with Crippen LogP contribution in [0, 0.1) is 5.92 Å². The van der Waals surface area contributed by atoms with E-state index in [0.29, 0.717) is 12.1 Å². The number of thiophene rings is 1. The Hall–Kier alpha value is -0.420. The molecule has 19 heavy (non-hydrogen) atoms. The smallest absolute Gasteiger partial charge is 0.0590 e. The molecule has 0 spiro atoms. The number of nitrogens with two attached hydrogens (primary N) is 1. The molecule has 1 saturated carbocycles. The molecule has 3 unspecified atom stereocenters. The molecule has 1 aromatic rings. The van der Waals surface area contributed by atoms with Gasteiger partial charge in [0.2, 0.25) is 0 Å². The van der Waals surface area contributed by atoms with Gasteiger partial charge in [-0.25, -0.2) is 0 Å². The molecule has 0 aliphatic heterocycles. The molecule has 2 N–H and O–H groups in total. The standard InChI is InChI=1S/C15H26N2OS/c1-11(16)15(14-6-9-19-10-14)17(7-8-18-3)12(2)13-4-5-13/h6,9-13,15H,4-5,7-8,16H2,1-3H3. The van der Waals surface area contributed by atoms with Gasteiger partial charge in [-0.05, 0) is 55.0 Å². The molecule has 0 amide bonds. The Morgan fingerprint density at radius 1 is 1.47 bits per heavy atom. The van der Waals surface area contributed by atoms with Gasteiger partial charge in [0.1, 0.15) is 0 Å². The summed E-state index contributed by atoms with van der Waals surface area (Å²) in [5.74, 6) is 0.844. The fraction of sp³-hybridized carbons (Fsp3) is 0.733. The summed E-state index contributed by atoms with van der Waals surface area (Å²) in [5, 5.41) is 4.37. The second kappa shape index (κ2) is 6.84. The van der Waals surface area contributed by atoms with E-state index in [1.165, 1.54) is 18.4 Å². The lowest BCUT2D eigenvalue weighted by Gasteiger charge is -2.38. The van der Waals surface area contributed by atoms with Crippen LogP contribution in [0.2, 0.25) is 0 Å². The van der Waals surface area contributed by atoms with Crippen molar-refractivity contribution in [1.29, 1.82) is 0 Å². The van der Waals surface area contributed by atoms with Crippen LogP contribution < -0.4 is 5.73 Å². The first kappa shape index (κ1) is 15.0. The van der Waals surface area contributed by atoms with Crippen molar-refractivity contribution in [2.24, 2.45) is 11.7 Å². The zero-order chi connectivity index (χ0) is 13.8. The molecule has 3 nitrogen and oxygen atoms in total. The molecular weight excluding hydrogens is 256 g/mol. The van der Waals surface area contributed by atoms with Crippen LogP contribution in [0.1, 0.15) is 38.3 Å². The van der Waals surface area contributed by atoms with E-state index in [9.17, 15) is 0 Å². The second-order valence-electron chi connectivity index (χ2n) is 5.67. The van der Waals surface area contributed by atoms with Gasteiger partial charge in [0.15, 0.2) is 0 Å². The molecule has 4 heteroatoms. The van der Waals surface area contributed by atoms with Crippen LogP contribution in [0.25, 0.3) is 0 Å². The van der Waals surface area contributed by atoms with Crippen molar-refractivity contribution in [3.63, 3.8) is 0 Å². The van der Waals surface area contributed by atoms with Gasteiger partial charge in [-0.15, -0.1) is 0 Å². The minimum Gasteiger partial charge on any atom is -0.383 e. The molecule has 1 aliphatic rings. The van der Waals surface area contributed by atoms with E-state index in [2.05, 4.69) is 35.6 Å². The molecule has 2 rings (SSSR count). The van der Waals surface area contributed by atoms with E-state index in [4.69, 9.17) is 10.5 Å². The fourth-order valence-corrected chi connectivity index (χ4v) is 3.57. The first-order valence-electron chi connectivity index (χ1n) is 7.17. The molecule has 0 aromatic carbocycles. The molecule has 1 fully saturated rings. The Bertz CT molecular complexity index is 362. The molecule has 3 atom stereocenters. The summed E-state index contributed by atoms with van der Waals surface area (Å²) in [5.41, 5.74) is 7.63. The maximum atomic E-state index is 6.28. The van der Waals surface area contributed by atoms with E-state index >= 15 is 0 Å². The van der Waals surface area contributed by atoms with Crippen molar-refractivity contribution in [3.05, 3.63) is 22.4 Å². The summed E-state index contributed by atoms with van der Waals surface area (Å²) in [6, 6.07) is 3.23. The number of rotatable bonds is 8. The summed E-state index contributed by atoms with van der Waals surface area (Å²) < 4.78 is 5.29. The molecule has 0 radical (unpaired) electrons. The Kier molecular flexibility index (Phi) is 5.39. The Morgan fingerprint density at radius 3 is 2.68 bits per heavy atom. The fourth-order valence-electron chi connectivity index (χ4n) is 2.88. The molecular formula is C15H26N2OS. The number of nitrogens with zero attached hydrogens (tertiary/aromatic N) is 1. The van der Waals surface area contributed by atoms with Crippen molar-refractivity contribution in [3.8, 4) is 0 Å². The van der Waals surface area contributed by atoms with Gasteiger partial charge in [0, 0.05) is 25.7 Å². The topological polar surface area (TPSA) is 38.5 Å². The highest BCUT2D eigenvalue weighted by atomic mass is 32.1. The third-order valence-corrected chi connectivity index (χ3v) is 4.82. The molecule has 108 valence electrons. The van der Waals surface area contributed by atoms with Gasteiger partial charge in [-0.2, -0.15) is 11.3 Å². The van der Waals surface area contributed by atoms with Gasteiger partial charge in [-0.1, -0.05) is 0 Å². The zero-order valence-corrected chi connectivity index (χ0v) is 13.0. The minimum absolute atomic E-state index is 0.132. The van der Waals surface area contributed by atoms with Crippen LogP contribution in [0.4, 0.5) is 0 Å². The zero-order valence-electron chi connectivity index (χ0n) is 12.2. The molecule has 0 saturated heterocycles. The van der Waals surface area contributed by atoms with Gasteiger partial charge in [0.25, 0.3) is 0 Å². The summed E-state index contributed by atoms with van der Waals surface area (Å²) >= 11 is 1.75. The van der Waals surface area contributed by atoms with Gasteiger partial charge in [0.05, 0.1) is 12.6 Å². The third-order valence-electron chi connectivity index (χ3n) is 4.12. The third kappa shape index (κ3) is 3.78. The Morgan fingerprint density at radius 2 is 2.21 bits per heavy atom. The first-order valence-corrected chi connectivity index (χ1v) is 8.11. The predicted octanol–water partition coefficient (Wildman–Crippen LogP) is 2.88. The average Bonchev–Trinajstić information content (AvgIpc) is 3.10. The monoisotopic (exact) mass is 282 g/mol. The lowest BCUT2D eigenvalue weighted by Crippen LogP contribution is -2.46. The van der Waals surface area contributed by atoms with E-state index in [1.54, 1.807) is 18.4 Å². The maximum Gasteiger partial charge on any atom is 0.0590 e. The summed E-state index contributed by atoms with van der Waals surface area (Å²) in [4.78, 5) is 2.55. The minimum atomic E-state index is 0.132. The lowest BCUT2D eigenvalue weighted by atomic mass is 9.99. The molecule has 0 bridgehead atoms. The van der Waals surface area contributed by atoms with Gasteiger partial charge < -0.3 is 10.5 Å². The number of hydrogen-bond donors (Lipinski definition) is 1. The van der Waals surface area contributed by atoms with Gasteiger partial charge in [-0.3, -0.25) is 4.90 Å². The van der Waals surface area contributed by atoms with Crippen molar-refractivity contribution in [2.45, 2.75) is 44.8 Å². The van der Waals surface area contributed by atoms with Gasteiger partial charge >= 0.3 is 0 Å². The quantitative estimate of drug-likeness (QED) is 0.797. The number of methoxy groups -OCH3 is 1. The summed E-state index contributed by atoms with van der Waals surface area (Å²) in [6.07, 6.45) is 2.72. The van der Waals surface area contributed by atoms with Crippen LogP contribution in [0.15, 0.2) is 16.8 Å². The largest absolute Gasteiger partial charge is 0.383 e. The van der Waals surface area contributed by atoms with Crippen molar-refractivity contribution < 1.29 is 4.74 Å². The van der Waals surface area contributed by atoms with Crippen molar-refractivity contribution >= 4 is 11.3 Å². The lowest BCUT2D eigenvalue weighted by molar-refractivity contribution is 0.0721. The van der Waals surface area contributed by atoms with E-state index < -0.39 is 0 Å². The van der Waals surface area contributed by atoms with Crippen LogP contribution in [0.5, 0.6) is 0 Å². The van der Waals surface area contributed by atoms with Crippen LogP contribution >= 0.6 is 11.3 Å². The second-order valence-corrected chi connectivity index (χ2v) is 6.45. The highest BCUT2D eigenvalue weighted by Gasteiger charge is 2.36. The summed E-state index contributed by atoms with van der Waals surface area (Å²) in [6.45, 7) is 6.18. The first-order chi connectivity index (χ1) is 9.15. The van der Waals surface area contributed by atoms with E-state index in [0.717, 1.165) is 19.1 Å². The SMILES string of the molecule is COCCN(C(C)C1CC1)C(c1ccsc1)C(C)N. The Balaban J connectivity index is 2.16. The predicted molar refractivity (Wildman–Crippen MR) is 81.5 cm³/mol. The highest BCUT2D eigenvalue weighted by molar-refractivity contribution is 7.07.